The van der Waals surface area contributed by atoms with E-state index < -0.39 is 5.82 Å². The number of hydrogen-bond donors (Lipinski definition) is 3. The van der Waals surface area contributed by atoms with E-state index in [4.69, 9.17) is 15.1 Å². The van der Waals surface area contributed by atoms with E-state index in [-0.39, 0.29) is 12.4 Å². The first kappa shape index (κ1) is 23.2. The lowest BCUT2D eigenvalue weighted by atomic mass is 10.1. The highest BCUT2D eigenvalue weighted by Gasteiger charge is 2.23. The van der Waals surface area contributed by atoms with E-state index in [0.29, 0.717) is 17.6 Å². The molecule has 0 radical (unpaired) electrons. The van der Waals surface area contributed by atoms with Crippen LogP contribution in [0, 0.1) is 18.2 Å². The van der Waals surface area contributed by atoms with Crippen LogP contribution < -0.4 is 15.4 Å². The van der Waals surface area contributed by atoms with Crippen molar-refractivity contribution in [2.24, 2.45) is 0 Å². The van der Waals surface area contributed by atoms with Crippen LogP contribution in [0.4, 0.5) is 10.3 Å². The lowest BCUT2D eigenvalue weighted by Crippen LogP contribution is -2.16. The maximum Gasteiger partial charge on any atom is 0.228 e. The third kappa shape index (κ3) is 4.54. The lowest BCUT2D eigenvalue weighted by Gasteiger charge is -2.10. The van der Waals surface area contributed by atoms with Gasteiger partial charge in [-0.05, 0) is 43.2 Å². The van der Waals surface area contributed by atoms with Gasteiger partial charge in [-0.15, -0.1) is 10.2 Å². The fourth-order valence-corrected chi connectivity index (χ4v) is 4.17. The molecule has 5 rings (SSSR count). The Morgan fingerprint density at radius 2 is 2.11 bits per heavy atom. The second kappa shape index (κ2) is 9.98. The Morgan fingerprint density at radius 3 is 2.92 bits per heavy atom. The zero-order valence-corrected chi connectivity index (χ0v) is 20.0. The summed E-state index contributed by atoms with van der Waals surface area (Å²) in [5, 5.41) is 22.1. The molecule has 0 unspecified atom stereocenters. The summed E-state index contributed by atoms with van der Waals surface area (Å²) in [5.74, 6) is 2.21. The van der Waals surface area contributed by atoms with E-state index in [0.717, 1.165) is 47.8 Å². The normalized spacial score (nSPS) is 12.9. The minimum absolute atomic E-state index is 0.124. The summed E-state index contributed by atoms with van der Waals surface area (Å²) in [5.41, 5.74) is 3.60. The number of allylic oxidation sites excluding steroid dienone is 1. The molecule has 10 nitrogen and oxygen atoms in total. The number of rotatable bonds is 8. The Hall–Kier alpha value is -4.54. The molecule has 0 fully saturated rings. The predicted molar refractivity (Wildman–Crippen MR) is 134 cm³/mol. The molecule has 4 heterocycles. The molecule has 1 aliphatic rings. The van der Waals surface area contributed by atoms with Crippen LogP contribution in [0.15, 0.2) is 54.6 Å². The highest BCUT2D eigenvalue weighted by atomic mass is 19.1. The third-order valence-corrected chi connectivity index (χ3v) is 5.94. The van der Waals surface area contributed by atoms with Gasteiger partial charge in [-0.2, -0.15) is 0 Å². The van der Waals surface area contributed by atoms with Gasteiger partial charge in [0, 0.05) is 44.3 Å². The van der Waals surface area contributed by atoms with Crippen molar-refractivity contribution in [2.45, 2.75) is 33.0 Å². The van der Waals surface area contributed by atoms with Gasteiger partial charge in [0.1, 0.15) is 12.4 Å². The van der Waals surface area contributed by atoms with E-state index in [1.54, 1.807) is 37.5 Å². The Kier molecular flexibility index (Phi) is 6.44. The van der Waals surface area contributed by atoms with E-state index in [9.17, 15) is 4.39 Å². The maximum absolute atomic E-state index is 14.0. The Labute approximate surface area is 207 Å². The number of aromatic nitrogens is 6. The van der Waals surface area contributed by atoms with Crippen LogP contribution in [0.25, 0.3) is 22.8 Å². The summed E-state index contributed by atoms with van der Waals surface area (Å²) >= 11 is 0. The molecule has 1 aliphatic heterocycles. The van der Waals surface area contributed by atoms with Crippen molar-refractivity contribution >= 4 is 12.2 Å². The number of benzene rings is 1. The van der Waals surface area contributed by atoms with Gasteiger partial charge in [0.05, 0.1) is 11.4 Å². The Morgan fingerprint density at radius 1 is 1.25 bits per heavy atom. The molecule has 0 amide bonds. The molecule has 184 valence electrons. The van der Waals surface area contributed by atoms with Crippen LogP contribution in [0.1, 0.15) is 17.8 Å². The third-order valence-electron chi connectivity index (χ3n) is 5.94. The summed E-state index contributed by atoms with van der Waals surface area (Å²) < 4.78 is 23.8. The SMILES string of the molecule is CN/C(=C\C=N)Nc1ncc(C)c(-c2cc3n(c2)CCCn2c(COc4ccccc4F)nnc2-3)n1. The lowest BCUT2D eigenvalue weighted by molar-refractivity contribution is 0.274. The molecule has 0 spiro atoms. The molecule has 0 saturated heterocycles. The molecule has 0 aliphatic carbocycles. The Bertz CT molecular complexity index is 1440. The summed E-state index contributed by atoms with van der Waals surface area (Å²) in [6.07, 6.45) is 7.50. The van der Waals surface area contributed by atoms with Crippen LogP contribution in [-0.4, -0.2) is 42.6 Å². The molecular weight excluding hydrogens is 461 g/mol. The molecule has 11 heteroatoms. The van der Waals surface area contributed by atoms with Gasteiger partial charge in [0.15, 0.2) is 23.2 Å². The zero-order chi connectivity index (χ0) is 25.1. The molecule has 0 saturated carbocycles. The van der Waals surface area contributed by atoms with Crippen LogP contribution in [0.3, 0.4) is 0 Å². The van der Waals surface area contributed by atoms with Crippen molar-refractivity contribution in [3.8, 4) is 28.5 Å². The van der Waals surface area contributed by atoms with Gasteiger partial charge in [-0.25, -0.2) is 14.4 Å². The van der Waals surface area contributed by atoms with E-state index in [1.807, 2.05) is 11.5 Å². The summed E-state index contributed by atoms with van der Waals surface area (Å²) in [6.45, 7) is 3.64. The molecule has 36 heavy (non-hydrogen) atoms. The predicted octanol–water partition coefficient (Wildman–Crippen LogP) is 3.76. The first-order chi connectivity index (χ1) is 17.6. The van der Waals surface area contributed by atoms with E-state index in [1.165, 1.54) is 12.3 Å². The molecular formula is C25H26FN9O. The number of hydrogen-bond acceptors (Lipinski definition) is 8. The fourth-order valence-electron chi connectivity index (χ4n) is 4.17. The number of nitrogens with one attached hydrogen (secondary N) is 3. The van der Waals surface area contributed by atoms with Gasteiger partial charge in [-0.1, -0.05) is 12.1 Å². The van der Waals surface area contributed by atoms with Crippen molar-refractivity contribution in [1.29, 1.82) is 5.41 Å². The minimum Gasteiger partial charge on any atom is -0.483 e. The zero-order valence-electron chi connectivity index (χ0n) is 20.0. The first-order valence-electron chi connectivity index (χ1n) is 11.6. The van der Waals surface area contributed by atoms with Crippen LogP contribution in [0.2, 0.25) is 0 Å². The maximum atomic E-state index is 14.0. The molecule has 0 bridgehead atoms. The van der Waals surface area contributed by atoms with Gasteiger partial charge < -0.3 is 29.9 Å². The monoisotopic (exact) mass is 487 g/mol. The van der Waals surface area contributed by atoms with Crippen molar-refractivity contribution in [3.63, 3.8) is 0 Å². The van der Waals surface area contributed by atoms with Gasteiger partial charge in [0.2, 0.25) is 5.95 Å². The average Bonchev–Trinajstić information content (AvgIpc) is 3.44. The van der Waals surface area contributed by atoms with E-state index in [2.05, 4.69) is 42.6 Å². The highest BCUT2D eigenvalue weighted by Crippen LogP contribution is 2.31. The van der Waals surface area contributed by atoms with Crippen LogP contribution in [0.5, 0.6) is 5.75 Å². The van der Waals surface area contributed by atoms with Crippen molar-refractivity contribution in [2.75, 3.05) is 12.4 Å². The summed E-state index contributed by atoms with van der Waals surface area (Å²) in [6, 6.07) is 8.38. The Balaban J connectivity index is 1.44. The summed E-state index contributed by atoms with van der Waals surface area (Å²) in [4.78, 5) is 9.09. The number of fused-ring (bicyclic) bond motifs is 3. The second-order valence-electron chi connectivity index (χ2n) is 8.32. The first-order valence-corrected chi connectivity index (χ1v) is 11.6. The number of nitrogens with zero attached hydrogens (tertiary/aromatic N) is 6. The number of ether oxygens (including phenoxy) is 1. The number of para-hydroxylation sites is 1. The molecule has 0 atom stereocenters. The van der Waals surface area contributed by atoms with Gasteiger partial charge in [-0.3, -0.25) is 0 Å². The minimum atomic E-state index is -0.407. The van der Waals surface area contributed by atoms with Crippen molar-refractivity contribution < 1.29 is 9.13 Å². The molecule has 1 aromatic carbocycles. The van der Waals surface area contributed by atoms with Gasteiger partial charge >= 0.3 is 0 Å². The van der Waals surface area contributed by atoms with E-state index >= 15 is 0 Å². The average molecular weight is 488 g/mol. The van der Waals surface area contributed by atoms with Crippen molar-refractivity contribution in [1.82, 2.24) is 34.6 Å². The van der Waals surface area contributed by atoms with Crippen LogP contribution in [-0.2, 0) is 19.7 Å². The summed E-state index contributed by atoms with van der Waals surface area (Å²) in [7, 11) is 1.76. The number of halogens is 1. The number of aryl methyl sites for hydroxylation is 2. The topological polar surface area (TPSA) is 119 Å². The largest absolute Gasteiger partial charge is 0.483 e. The van der Waals surface area contributed by atoms with Crippen molar-refractivity contribution in [3.05, 3.63) is 71.8 Å². The standard InChI is InChI=1S/C25H26FN9O/c1-16-13-29-25(30-21(28-2)8-9-27)31-23(16)17-12-19-24-33-32-22(35(24)11-5-10-34(19)14-17)15-36-20-7-4-3-6-18(20)26/h3-4,6-9,12-14,27-28H,5,10-11,15H2,1-2H3,(H,29,30,31)/b21-8+,27-9?. The second-order valence-corrected chi connectivity index (χ2v) is 8.32. The molecule has 4 aromatic rings. The quantitative estimate of drug-likeness (QED) is 0.324. The fraction of sp³-hybridized carbons (Fsp3) is 0.240. The number of anilines is 1. The molecule has 3 aromatic heterocycles. The highest BCUT2D eigenvalue weighted by molar-refractivity contribution is 5.71. The van der Waals surface area contributed by atoms with Crippen LogP contribution >= 0.6 is 0 Å². The smallest absolute Gasteiger partial charge is 0.228 e. The van der Waals surface area contributed by atoms with Gasteiger partial charge in [0.25, 0.3) is 0 Å². The molecule has 3 N–H and O–H groups in total.